The topological polar surface area (TPSA) is 71.0 Å². The summed E-state index contributed by atoms with van der Waals surface area (Å²) >= 11 is 0. The average molecular weight is 255 g/mol. The van der Waals surface area contributed by atoms with Crippen molar-refractivity contribution in [2.75, 3.05) is 0 Å². The highest BCUT2D eigenvalue weighted by molar-refractivity contribution is 5.76. The minimum atomic E-state index is -0.0954. The van der Waals surface area contributed by atoms with Gasteiger partial charge in [0.15, 0.2) is 0 Å². The molecule has 3 rings (SSSR count). The number of hydrogen-bond donors (Lipinski definition) is 2. The lowest BCUT2D eigenvalue weighted by molar-refractivity contribution is 0.273. The number of imidazole rings is 1. The molecule has 2 heterocycles. The van der Waals surface area contributed by atoms with Crippen molar-refractivity contribution in [1.82, 2.24) is 15.0 Å². The third-order valence-corrected chi connectivity index (χ3v) is 2.81. The van der Waals surface area contributed by atoms with Gasteiger partial charge in [-0.15, -0.1) is 0 Å². The Morgan fingerprint density at radius 3 is 2.79 bits per heavy atom. The van der Waals surface area contributed by atoms with Crippen molar-refractivity contribution < 1.29 is 9.84 Å². The molecule has 0 radical (unpaired) electrons. The molecule has 5 nitrogen and oxygen atoms in total. The lowest BCUT2D eigenvalue weighted by atomic mass is 10.3. The molecule has 3 aromatic rings. The van der Waals surface area contributed by atoms with Crippen LogP contribution in [0.3, 0.4) is 0 Å². The van der Waals surface area contributed by atoms with Gasteiger partial charge in [-0.2, -0.15) is 0 Å². The van der Waals surface area contributed by atoms with Crippen LogP contribution in [0.25, 0.3) is 11.0 Å². The number of pyridine rings is 1. The number of rotatable bonds is 4. The summed E-state index contributed by atoms with van der Waals surface area (Å²) in [5.74, 6) is 1.32. The molecule has 0 saturated heterocycles. The van der Waals surface area contributed by atoms with Crippen LogP contribution in [0.4, 0.5) is 0 Å². The molecule has 1 aromatic carbocycles. The van der Waals surface area contributed by atoms with Gasteiger partial charge < -0.3 is 14.8 Å². The molecule has 0 spiro atoms. The summed E-state index contributed by atoms with van der Waals surface area (Å²) in [6, 6.07) is 9.44. The molecule has 0 aliphatic heterocycles. The number of hydrogen-bond acceptors (Lipinski definition) is 4. The van der Waals surface area contributed by atoms with Crippen molar-refractivity contribution in [3.8, 4) is 5.75 Å². The third-order valence-electron chi connectivity index (χ3n) is 2.81. The van der Waals surface area contributed by atoms with Crippen LogP contribution in [0.5, 0.6) is 5.75 Å². The van der Waals surface area contributed by atoms with Crippen molar-refractivity contribution in [1.29, 1.82) is 0 Å². The van der Waals surface area contributed by atoms with Gasteiger partial charge in [0, 0.05) is 18.5 Å². The Bertz CT molecular complexity index is 679. The number of aliphatic hydroxyl groups is 1. The summed E-state index contributed by atoms with van der Waals surface area (Å²) in [6.07, 6.45) is 3.48. The van der Waals surface area contributed by atoms with E-state index in [1.807, 2.05) is 30.3 Å². The van der Waals surface area contributed by atoms with Crippen molar-refractivity contribution in [2.45, 2.75) is 13.2 Å². The highest BCUT2D eigenvalue weighted by atomic mass is 16.5. The van der Waals surface area contributed by atoms with E-state index < -0.39 is 0 Å². The number of H-pyrrole nitrogens is 1. The minimum absolute atomic E-state index is 0.0954. The van der Waals surface area contributed by atoms with E-state index in [0.717, 1.165) is 22.3 Å². The highest BCUT2D eigenvalue weighted by Gasteiger charge is 2.03. The zero-order valence-electron chi connectivity index (χ0n) is 10.2. The van der Waals surface area contributed by atoms with Gasteiger partial charge in [0.05, 0.1) is 11.0 Å². The van der Waals surface area contributed by atoms with Crippen LogP contribution in [0.15, 0.2) is 42.7 Å². The first kappa shape index (κ1) is 11.7. The Labute approximate surface area is 109 Å². The standard InChI is InChI=1S/C14H13N3O2/c18-8-14-16-12-2-1-11(7-13(12)17-14)19-9-10-3-5-15-6-4-10/h1-7,18H,8-9H2,(H,16,17). The van der Waals surface area contributed by atoms with E-state index in [1.165, 1.54) is 0 Å². The summed E-state index contributed by atoms with van der Waals surface area (Å²) in [6.45, 7) is 0.400. The molecular weight excluding hydrogens is 242 g/mol. The molecule has 0 amide bonds. The summed E-state index contributed by atoms with van der Waals surface area (Å²) in [4.78, 5) is 11.2. The van der Waals surface area contributed by atoms with E-state index >= 15 is 0 Å². The average Bonchev–Trinajstić information content (AvgIpc) is 2.88. The van der Waals surface area contributed by atoms with Crippen LogP contribution in [-0.4, -0.2) is 20.1 Å². The maximum absolute atomic E-state index is 9.03. The first-order chi connectivity index (χ1) is 9.35. The highest BCUT2D eigenvalue weighted by Crippen LogP contribution is 2.20. The number of aromatic nitrogens is 3. The lowest BCUT2D eigenvalue weighted by Crippen LogP contribution is -1.95. The smallest absolute Gasteiger partial charge is 0.133 e. The molecule has 2 N–H and O–H groups in total. The molecule has 0 atom stereocenters. The fourth-order valence-corrected chi connectivity index (χ4v) is 1.85. The van der Waals surface area contributed by atoms with E-state index in [0.29, 0.717) is 12.4 Å². The second-order valence-electron chi connectivity index (χ2n) is 4.16. The maximum Gasteiger partial charge on any atom is 0.133 e. The van der Waals surface area contributed by atoms with E-state index in [9.17, 15) is 0 Å². The Morgan fingerprint density at radius 1 is 1.16 bits per heavy atom. The van der Waals surface area contributed by atoms with Crippen LogP contribution >= 0.6 is 0 Å². The summed E-state index contributed by atoms with van der Waals surface area (Å²) in [5.41, 5.74) is 2.74. The molecular formula is C14H13N3O2. The Hall–Kier alpha value is -2.40. The number of aliphatic hydroxyl groups excluding tert-OH is 1. The van der Waals surface area contributed by atoms with Crippen LogP contribution in [-0.2, 0) is 13.2 Å². The van der Waals surface area contributed by atoms with Crippen molar-refractivity contribution >= 4 is 11.0 Å². The largest absolute Gasteiger partial charge is 0.489 e. The maximum atomic E-state index is 9.03. The Kier molecular flexibility index (Phi) is 3.12. The molecule has 0 fully saturated rings. The molecule has 5 heteroatoms. The molecule has 96 valence electrons. The SMILES string of the molecule is OCc1nc2ccc(OCc3ccncc3)cc2[nH]1. The fraction of sp³-hybridized carbons (Fsp3) is 0.143. The molecule has 0 bridgehead atoms. The Balaban J connectivity index is 1.78. The van der Waals surface area contributed by atoms with Gasteiger partial charge >= 0.3 is 0 Å². The molecule has 0 unspecified atom stereocenters. The molecule has 0 aliphatic rings. The van der Waals surface area contributed by atoms with Crippen LogP contribution in [0.1, 0.15) is 11.4 Å². The number of nitrogens with zero attached hydrogens (tertiary/aromatic N) is 2. The fourth-order valence-electron chi connectivity index (χ4n) is 1.85. The zero-order valence-corrected chi connectivity index (χ0v) is 10.2. The Morgan fingerprint density at radius 2 is 2.00 bits per heavy atom. The van der Waals surface area contributed by atoms with E-state index in [4.69, 9.17) is 9.84 Å². The second-order valence-corrected chi connectivity index (χ2v) is 4.16. The number of aromatic amines is 1. The van der Waals surface area contributed by atoms with Gasteiger partial charge in [0.25, 0.3) is 0 Å². The third kappa shape index (κ3) is 2.56. The van der Waals surface area contributed by atoms with Gasteiger partial charge in [-0.05, 0) is 29.8 Å². The molecule has 19 heavy (non-hydrogen) atoms. The van der Waals surface area contributed by atoms with Gasteiger partial charge in [-0.25, -0.2) is 4.98 Å². The first-order valence-electron chi connectivity index (χ1n) is 5.96. The van der Waals surface area contributed by atoms with E-state index in [1.54, 1.807) is 12.4 Å². The van der Waals surface area contributed by atoms with Crippen LogP contribution in [0.2, 0.25) is 0 Å². The number of ether oxygens (including phenoxy) is 1. The summed E-state index contributed by atoms with van der Waals surface area (Å²) in [5, 5.41) is 9.03. The van der Waals surface area contributed by atoms with E-state index in [2.05, 4.69) is 15.0 Å². The minimum Gasteiger partial charge on any atom is -0.489 e. The molecule has 0 aliphatic carbocycles. The van der Waals surface area contributed by atoms with Gasteiger partial charge in [-0.3, -0.25) is 4.98 Å². The summed E-state index contributed by atoms with van der Waals surface area (Å²) < 4.78 is 5.70. The summed E-state index contributed by atoms with van der Waals surface area (Å²) in [7, 11) is 0. The second kappa shape index (κ2) is 5.07. The number of fused-ring (bicyclic) bond motifs is 1. The van der Waals surface area contributed by atoms with Gasteiger partial charge in [0.1, 0.15) is 24.8 Å². The monoisotopic (exact) mass is 255 g/mol. The predicted octanol–water partition coefficient (Wildman–Crippen LogP) is 2.03. The van der Waals surface area contributed by atoms with Crippen molar-refractivity contribution in [2.24, 2.45) is 0 Å². The van der Waals surface area contributed by atoms with Gasteiger partial charge in [-0.1, -0.05) is 0 Å². The van der Waals surface area contributed by atoms with Crippen LogP contribution < -0.4 is 4.74 Å². The van der Waals surface area contributed by atoms with Gasteiger partial charge in [0.2, 0.25) is 0 Å². The first-order valence-corrected chi connectivity index (χ1v) is 5.96. The number of nitrogens with one attached hydrogen (secondary N) is 1. The lowest BCUT2D eigenvalue weighted by Gasteiger charge is -2.05. The normalized spacial score (nSPS) is 10.8. The van der Waals surface area contributed by atoms with Crippen LogP contribution in [0, 0.1) is 0 Å². The van der Waals surface area contributed by atoms with Crippen molar-refractivity contribution in [3.05, 3.63) is 54.1 Å². The van der Waals surface area contributed by atoms with Crippen molar-refractivity contribution in [3.63, 3.8) is 0 Å². The van der Waals surface area contributed by atoms with E-state index in [-0.39, 0.29) is 6.61 Å². The molecule has 0 saturated carbocycles. The number of benzene rings is 1. The quantitative estimate of drug-likeness (QED) is 0.748. The predicted molar refractivity (Wildman–Crippen MR) is 70.6 cm³/mol. The zero-order chi connectivity index (χ0) is 13.1. The molecule has 2 aromatic heterocycles.